The van der Waals surface area contributed by atoms with Crippen LogP contribution in [0.5, 0.6) is 0 Å². The molecule has 3 aromatic rings. The van der Waals surface area contributed by atoms with Crippen LogP contribution in [0, 0.1) is 0 Å². The number of benzene rings is 1. The number of nitrogens with zero attached hydrogens (tertiary/aromatic N) is 2. The number of aromatic nitrogens is 2. The van der Waals surface area contributed by atoms with Crippen LogP contribution < -0.4 is 11.1 Å². The van der Waals surface area contributed by atoms with Crippen LogP contribution in [0.1, 0.15) is 15.4 Å². The number of fused-ring (bicyclic) bond motifs is 1. The molecule has 21 heavy (non-hydrogen) atoms. The van der Waals surface area contributed by atoms with Gasteiger partial charge in [-0.3, -0.25) is 9.48 Å². The molecule has 0 atom stereocenters. The number of thiophene rings is 1. The third kappa shape index (κ3) is 2.72. The smallest absolute Gasteiger partial charge is 0.263 e. The molecule has 2 aromatic heterocycles. The molecule has 0 aliphatic carbocycles. The Morgan fingerprint density at radius 3 is 3.00 bits per heavy atom. The highest BCUT2D eigenvalue weighted by Gasteiger charge is 2.16. The summed E-state index contributed by atoms with van der Waals surface area (Å²) in [4.78, 5) is 12.8. The molecule has 3 rings (SSSR count). The molecule has 0 saturated carbocycles. The number of rotatable bonds is 3. The van der Waals surface area contributed by atoms with Gasteiger partial charge >= 0.3 is 0 Å². The van der Waals surface area contributed by atoms with Crippen molar-refractivity contribution < 1.29 is 4.79 Å². The van der Waals surface area contributed by atoms with Crippen molar-refractivity contribution >= 4 is 44.6 Å². The summed E-state index contributed by atoms with van der Waals surface area (Å²) < 4.78 is 2.64. The van der Waals surface area contributed by atoms with E-state index in [2.05, 4.69) is 10.4 Å². The zero-order valence-electron chi connectivity index (χ0n) is 11.3. The minimum Gasteiger partial charge on any atom is -0.397 e. The predicted molar refractivity (Wildman–Crippen MR) is 85.6 cm³/mol. The highest BCUT2D eigenvalue weighted by atomic mass is 35.5. The summed E-state index contributed by atoms with van der Waals surface area (Å²) in [5, 5.41) is 8.46. The molecule has 0 unspecified atom stereocenters. The van der Waals surface area contributed by atoms with Crippen molar-refractivity contribution in [1.29, 1.82) is 0 Å². The second-order valence-corrected chi connectivity index (χ2v) is 6.14. The number of hydrogen-bond donors (Lipinski definition) is 2. The first-order valence-electron chi connectivity index (χ1n) is 6.29. The molecule has 108 valence electrons. The number of nitrogens with one attached hydrogen (secondary N) is 1. The first kappa shape index (κ1) is 13.9. The molecule has 5 nitrogen and oxygen atoms in total. The molecule has 0 radical (unpaired) electrons. The minimum absolute atomic E-state index is 0.199. The van der Waals surface area contributed by atoms with E-state index in [0.29, 0.717) is 22.1 Å². The molecule has 3 N–H and O–H groups in total. The van der Waals surface area contributed by atoms with E-state index in [1.165, 1.54) is 11.3 Å². The van der Waals surface area contributed by atoms with Crippen molar-refractivity contribution in [1.82, 2.24) is 15.1 Å². The number of carbonyl (C=O) groups is 1. The summed E-state index contributed by atoms with van der Waals surface area (Å²) in [6, 6.07) is 7.29. The summed E-state index contributed by atoms with van der Waals surface area (Å²) in [7, 11) is 1.83. The van der Waals surface area contributed by atoms with Gasteiger partial charge < -0.3 is 11.1 Å². The number of halogens is 1. The van der Waals surface area contributed by atoms with Gasteiger partial charge in [-0.2, -0.15) is 5.10 Å². The Bertz CT molecular complexity index is 824. The van der Waals surface area contributed by atoms with Crippen LogP contribution in [0.3, 0.4) is 0 Å². The zero-order valence-corrected chi connectivity index (χ0v) is 12.8. The van der Waals surface area contributed by atoms with Crippen molar-refractivity contribution in [2.24, 2.45) is 7.05 Å². The van der Waals surface area contributed by atoms with Crippen molar-refractivity contribution in [3.05, 3.63) is 46.1 Å². The summed E-state index contributed by atoms with van der Waals surface area (Å²) in [6.45, 7) is 0.369. The summed E-state index contributed by atoms with van der Waals surface area (Å²) in [5.74, 6) is -0.199. The van der Waals surface area contributed by atoms with E-state index in [1.807, 2.05) is 25.4 Å². The summed E-state index contributed by atoms with van der Waals surface area (Å²) in [6.07, 6.45) is 1.83. The quantitative estimate of drug-likeness (QED) is 0.779. The monoisotopic (exact) mass is 320 g/mol. The number of anilines is 1. The van der Waals surface area contributed by atoms with Gasteiger partial charge in [0.05, 0.1) is 17.9 Å². The molecule has 0 bridgehead atoms. The fourth-order valence-corrected chi connectivity index (χ4v) is 3.26. The van der Waals surface area contributed by atoms with Gasteiger partial charge in [-0.1, -0.05) is 11.6 Å². The van der Waals surface area contributed by atoms with Gasteiger partial charge in [0.15, 0.2) is 0 Å². The van der Waals surface area contributed by atoms with E-state index in [4.69, 9.17) is 17.3 Å². The number of aryl methyl sites for hydroxylation is 1. The van der Waals surface area contributed by atoms with Crippen molar-refractivity contribution in [2.75, 3.05) is 5.73 Å². The van der Waals surface area contributed by atoms with Crippen LogP contribution in [-0.4, -0.2) is 15.7 Å². The van der Waals surface area contributed by atoms with Crippen LogP contribution >= 0.6 is 22.9 Å². The average molecular weight is 321 g/mol. The third-order valence-electron chi connectivity index (χ3n) is 3.09. The highest BCUT2D eigenvalue weighted by molar-refractivity contribution is 7.21. The molecule has 0 saturated heterocycles. The number of nitrogen functional groups attached to an aromatic ring is 1. The van der Waals surface area contributed by atoms with Gasteiger partial charge in [-0.15, -0.1) is 11.3 Å². The molecule has 1 amide bonds. The fraction of sp³-hybridized carbons (Fsp3) is 0.143. The molecule has 0 spiro atoms. The summed E-state index contributed by atoms with van der Waals surface area (Å²) >= 11 is 7.32. The molecular formula is C14H13ClN4OS. The lowest BCUT2D eigenvalue weighted by Crippen LogP contribution is -2.23. The first-order chi connectivity index (χ1) is 10.0. The average Bonchev–Trinajstić information content (AvgIpc) is 3.01. The highest BCUT2D eigenvalue weighted by Crippen LogP contribution is 2.35. The zero-order chi connectivity index (χ0) is 15.0. The Balaban J connectivity index is 1.82. The van der Waals surface area contributed by atoms with Crippen LogP contribution in [0.2, 0.25) is 5.02 Å². The van der Waals surface area contributed by atoms with Crippen LogP contribution in [-0.2, 0) is 13.6 Å². The fourth-order valence-electron chi connectivity index (χ4n) is 2.07. The first-order valence-corrected chi connectivity index (χ1v) is 7.48. The lowest BCUT2D eigenvalue weighted by Gasteiger charge is -2.02. The van der Waals surface area contributed by atoms with Crippen LogP contribution in [0.15, 0.2) is 30.5 Å². The largest absolute Gasteiger partial charge is 0.397 e. The Hall–Kier alpha value is -2.05. The second-order valence-electron chi connectivity index (χ2n) is 4.65. The number of nitrogens with two attached hydrogens (primary N) is 1. The van der Waals surface area contributed by atoms with E-state index in [0.717, 1.165) is 15.8 Å². The standard InChI is InChI=1S/C14H13ClN4OS/c1-19-5-4-9(18-19)7-17-14(20)13-12(16)10-6-8(15)2-3-11(10)21-13/h2-6H,7,16H2,1H3,(H,17,20). The second kappa shape index (κ2) is 5.38. The maximum Gasteiger partial charge on any atom is 0.263 e. The summed E-state index contributed by atoms with van der Waals surface area (Å²) in [5.41, 5.74) is 7.32. The van der Waals surface area contributed by atoms with Crippen molar-refractivity contribution in [2.45, 2.75) is 6.54 Å². The van der Waals surface area contributed by atoms with Crippen LogP contribution in [0.4, 0.5) is 5.69 Å². The van der Waals surface area contributed by atoms with Crippen molar-refractivity contribution in [3.63, 3.8) is 0 Å². The van der Waals surface area contributed by atoms with Gasteiger partial charge in [-0.05, 0) is 24.3 Å². The molecule has 0 aliphatic heterocycles. The lowest BCUT2D eigenvalue weighted by atomic mass is 10.2. The normalized spacial score (nSPS) is 11.0. The van der Waals surface area contributed by atoms with Crippen LogP contribution in [0.25, 0.3) is 10.1 Å². The maximum atomic E-state index is 12.3. The molecule has 1 aromatic carbocycles. The minimum atomic E-state index is -0.199. The Labute approximate surface area is 130 Å². The molecule has 2 heterocycles. The molecule has 7 heteroatoms. The maximum absolute atomic E-state index is 12.3. The van der Waals surface area contributed by atoms with Gasteiger partial charge in [0, 0.05) is 28.4 Å². The Morgan fingerprint density at radius 2 is 2.29 bits per heavy atom. The van der Waals surface area contributed by atoms with Gasteiger partial charge in [0.25, 0.3) is 5.91 Å². The number of hydrogen-bond acceptors (Lipinski definition) is 4. The third-order valence-corrected chi connectivity index (χ3v) is 4.51. The SMILES string of the molecule is Cn1ccc(CNC(=O)c2sc3ccc(Cl)cc3c2N)n1. The van der Waals surface area contributed by atoms with Gasteiger partial charge in [0.1, 0.15) is 4.88 Å². The van der Waals surface area contributed by atoms with Gasteiger partial charge in [-0.25, -0.2) is 0 Å². The van der Waals surface area contributed by atoms with Gasteiger partial charge in [0.2, 0.25) is 0 Å². The van der Waals surface area contributed by atoms with E-state index < -0.39 is 0 Å². The molecule has 0 aliphatic rings. The Kier molecular flexibility index (Phi) is 3.57. The topological polar surface area (TPSA) is 72.9 Å². The predicted octanol–water partition coefficient (Wildman–Crippen LogP) is 2.80. The molecule has 0 fully saturated rings. The van der Waals surface area contributed by atoms with E-state index in [1.54, 1.807) is 16.8 Å². The Morgan fingerprint density at radius 1 is 1.48 bits per heavy atom. The van der Waals surface area contributed by atoms with E-state index in [9.17, 15) is 4.79 Å². The van der Waals surface area contributed by atoms with E-state index in [-0.39, 0.29) is 5.91 Å². The number of amides is 1. The van der Waals surface area contributed by atoms with Crippen molar-refractivity contribution in [3.8, 4) is 0 Å². The lowest BCUT2D eigenvalue weighted by molar-refractivity contribution is 0.0955. The number of carbonyl (C=O) groups excluding carboxylic acids is 1. The molecular weight excluding hydrogens is 308 g/mol. The van der Waals surface area contributed by atoms with E-state index >= 15 is 0 Å².